The molecule has 0 N–H and O–H groups in total. The topological polar surface area (TPSA) is 25.8 Å². The van der Waals surface area contributed by atoms with Crippen molar-refractivity contribution in [2.45, 2.75) is 39.5 Å². The van der Waals surface area contributed by atoms with E-state index in [0.717, 1.165) is 22.5 Å². The second-order valence-corrected chi connectivity index (χ2v) is 19.3. The zero-order valence-electron chi connectivity index (χ0n) is 28.6. The third-order valence-corrected chi connectivity index (χ3v) is 16.3. The van der Waals surface area contributed by atoms with Crippen molar-refractivity contribution >= 4 is 30.7 Å². The molecule has 5 aromatic carbocycles. The Labute approximate surface area is 298 Å². The van der Waals surface area contributed by atoms with E-state index in [4.69, 9.17) is 9.97 Å². The molecule has 0 aliphatic heterocycles. The van der Waals surface area contributed by atoms with Crippen molar-refractivity contribution in [1.82, 2.24) is 9.97 Å². The number of benzene rings is 5. The zero-order chi connectivity index (χ0) is 33.7. The summed E-state index contributed by atoms with van der Waals surface area (Å²) in [4.78, 5) is 9.71. The zero-order valence-corrected chi connectivity index (χ0v) is 31.1. The fraction of sp³-hybridized carbons (Fsp3) is 0.130. The Morgan fingerprint density at radius 2 is 0.816 bits per heavy atom. The van der Waals surface area contributed by atoms with Crippen molar-refractivity contribution < 1.29 is 0 Å². The molecular weight excluding hydrogens is 702 g/mol. The van der Waals surface area contributed by atoms with Crippen LogP contribution in [0.4, 0.5) is 0 Å². The normalized spacial score (nSPS) is 11.4. The molecule has 49 heavy (non-hydrogen) atoms. The first-order chi connectivity index (χ1) is 24.0. The average Bonchev–Trinajstić information content (AvgIpc) is 3.16. The predicted molar refractivity (Wildman–Crippen MR) is 209 cm³/mol. The van der Waals surface area contributed by atoms with Gasteiger partial charge in [0.15, 0.2) is 0 Å². The molecule has 0 aliphatic rings. The quantitative estimate of drug-likeness (QED) is 0.138. The molecular formula is C46H41N2Sb. The van der Waals surface area contributed by atoms with Crippen LogP contribution in [0, 0.1) is 0 Å². The van der Waals surface area contributed by atoms with Crippen molar-refractivity contribution in [3.63, 3.8) is 0 Å². The first kappa shape index (κ1) is 32.8. The van der Waals surface area contributed by atoms with E-state index in [-0.39, 0.29) is 0 Å². The van der Waals surface area contributed by atoms with Gasteiger partial charge in [-0.3, -0.25) is 0 Å². The van der Waals surface area contributed by atoms with Crippen molar-refractivity contribution in [3.8, 4) is 44.8 Å². The average molecular weight is 744 g/mol. The maximum absolute atomic E-state index is 4.86. The molecule has 0 bridgehead atoms. The first-order valence-corrected chi connectivity index (χ1v) is 21.0. The fourth-order valence-corrected chi connectivity index (χ4v) is 14.2. The molecule has 0 radical (unpaired) electrons. The number of rotatable bonds is 9. The van der Waals surface area contributed by atoms with Crippen LogP contribution in [0.2, 0.25) is 0 Å². The van der Waals surface area contributed by atoms with Gasteiger partial charge in [0.05, 0.1) is 0 Å². The SMILES string of the molecule is CC(C)c1ccnc(-c2ccc[c]([Sb]([c]3cccc(-c4cc(C(C)C)ccn4)c3)[c]3c(-c4ccccc4)cccc3-c3ccccc3)c2)c1. The summed E-state index contributed by atoms with van der Waals surface area (Å²) in [6, 6.07) is 55.9. The van der Waals surface area contributed by atoms with E-state index in [9.17, 15) is 0 Å². The van der Waals surface area contributed by atoms with Gasteiger partial charge in [-0.2, -0.15) is 0 Å². The van der Waals surface area contributed by atoms with Gasteiger partial charge in [0.2, 0.25) is 0 Å². The van der Waals surface area contributed by atoms with Crippen LogP contribution in [0.3, 0.4) is 0 Å². The van der Waals surface area contributed by atoms with Gasteiger partial charge in [-0.25, -0.2) is 0 Å². The Hall–Kier alpha value is -4.78. The molecule has 0 saturated heterocycles. The van der Waals surface area contributed by atoms with Crippen LogP contribution in [0.1, 0.15) is 50.7 Å². The van der Waals surface area contributed by atoms with Gasteiger partial charge in [-0.15, -0.1) is 0 Å². The van der Waals surface area contributed by atoms with Gasteiger partial charge in [0, 0.05) is 0 Å². The molecule has 7 rings (SSSR count). The molecule has 0 fully saturated rings. The van der Waals surface area contributed by atoms with E-state index in [1.54, 1.807) is 0 Å². The van der Waals surface area contributed by atoms with Crippen LogP contribution in [0.5, 0.6) is 0 Å². The molecule has 3 heteroatoms. The van der Waals surface area contributed by atoms with Crippen LogP contribution in [-0.4, -0.2) is 30.2 Å². The summed E-state index contributed by atoms with van der Waals surface area (Å²) in [6.07, 6.45) is 3.91. The van der Waals surface area contributed by atoms with Crippen LogP contribution >= 0.6 is 0 Å². The van der Waals surface area contributed by atoms with E-state index in [2.05, 4.69) is 179 Å². The second kappa shape index (κ2) is 14.8. The minimum atomic E-state index is -2.81. The Morgan fingerprint density at radius 3 is 1.24 bits per heavy atom. The summed E-state index contributed by atoms with van der Waals surface area (Å²) < 4.78 is 4.27. The number of pyridine rings is 2. The van der Waals surface area contributed by atoms with Gasteiger partial charge < -0.3 is 0 Å². The third-order valence-electron chi connectivity index (χ3n) is 9.13. The van der Waals surface area contributed by atoms with Crippen LogP contribution in [-0.2, 0) is 0 Å². The molecule has 240 valence electrons. The van der Waals surface area contributed by atoms with Crippen LogP contribution in [0.15, 0.2) is 164 Å². The van der Waals surface area contributed by atoms with Crippen LogP contribution in [0.25, 0.3) is 44.8 Å². The Morgan fingerprint density at radius 1 is 0.408 bits per heavy atom. The molecule has 0 atom stereocenters. The van der Waals surface area contributed by atoms with Crippen molar-refractivity contribution in [1.29, 1.82) is 0 Å². The van der Waals surface area contributed by atoms with E-state index >= 15 is 0 Å². The van der Waals surface area contributed by atoms with E-state index < -0.39 is 20.2 Å². The molecule has 0 amide bonds. The van der Waals surface area contributed by atoms with E-state index in [1.165, 1.54) is 43.9 Å². The summed E-state index contributed by atoms with van der Waals surface area (Å²) in [5, 5.41) is 0. The Kier molecular flexibility index (Phi) is 9.87. The molecule has 0 spiro atoms. The maximum atomic E-state index is 4.86. The number of aromatic nitrogens is 2. The predicted octanol–water partition coefficient (Wildman–Crippen LogP) is 9.91. The molecule has 0 aliphatic carbocycles. The summed E-state index contributed by atoms with van der Waals surface area (Å²) in [6.45, 7) is 8.96. The molecule has 2 nitrogen and oxygen atoms in total. The molecule has 0 saturated carbocycles. The van der Waals surface area contributed by atoms with Gasteiger partial charge in [0.1, 0.15) is 0 Å². The minimum absolute atomic E-state index is 0.437. The van der Waals surface area contributed by atoms with Crippen molar-refractivity contribution in [3.05, 3.63) is 175 Å². The fourth-order valence-electron chi connectivity index (χ4n) is 6.43. The van der Waals surface area contributed by atoms with Gasteiger partial charge >= 0.3 is 300 Å². The second-order valence-electron chi connectivity index (χ2n) is 13.1. The van der Waals surface area contributed by atoms with Crippen LogP contribution < -0.4 is 10.5 Å². The molecule has 2 aromatic heterocycles. The van der Waals surface area contributed by atoms with E-state index in [0.29, 0.717) is 11.8 Å². The third kappa shape index (κ3) is 7.17. The molecule has 7 aromatic rings. The van der Waals surface area contributed by atoms with Crippen molar-refractivity contribution in [2.24, 2.45) is 0 Å². The first-order valence-electron chi connectivity index (χ1n) is 17.1. The van der Waals surface area contributed by atoms with E-state index in [1.807, 2.05) is 12.4 Å². The standard InChI is InChI=1S/C18H13.2C14H14N.Sb/c1-3-8-15(9-4-1)17-12-7-13-18(14-17)16-10-5-2-6-11-16;2*1-11(2)13-8-9-15-14(10-13)12-6-4-3-5-7-12;/h1-13H;2*3-4,6-11H,1-2H3;. The summed E-state index contributed by atoms with van der Waals surface area (Å²) in [5.41, 5.74) is 12.1. The number of hydrogen-bond acceptors (Lipinski definition) is 2. The monoisotopic (exact) mass is 742 g/mol. The molecule has 0 unspecified atom stereocenters. The van der Waals surface area contributed by atoms with Gasteiger partial charge in [-0.1, -0.05) is 0 Å². The number of nitrogens with zero attached hydrogens (tertiary/aromatic N) is 2. The molecule has 2 heterocycles. The summed E-state index contributed by atoms with van der Waals surface area (Å²) >= 11 is -2.81. The Bertz CT molecular complexity index is 2040. The summed E-state index contributed by atoms with van der Waals surface area (Å²) in [5.74, 6) is 0.874. The van der Waals surface area contributed by atoms with Gasteiger partial charge in [-0.05, 0) is 0 Å². The number of hydrogen-bond donors (Lipinski definition) is 0. The summed E-state index contributed by atoms with van der Waals surface area (Å²) in [7, 11) is 0. The Balaban J connectivity index is 1.50. The van der Waals surface area contributed by atoms with Crippen molar-refractivity contribution in [2.75, 3.05) is 0 Å². The van der Waals surface area contributed by atoms with Gasteiger partial charge in [0.25, 0.3) is 0 Å².